The zero-order chi connectivity index (χ0) is 5.72. The van der Waals surface area contributed by atoms with Crippen LogP contribution in [0.15, 0.2) is 0 Å². The van der Waals surface area contributed by atoms with Crippen LogP contribution < -0.4 is 0 Å². The molecule has 0 spiro atoms. The minimum Gasteiger partial charge on any atom is -0.465 e. The lowest BCUT2D eigenvalue weighted by Gasteiger charge is -1.94. The standard InChI is InChI=1S/C6H8O2/c1-3-4-2-8-6(7)5(3)4/h3-5H,2H2,1H3/t3-,4+,5-/m1/s1. The highest BCUT2D eigenvalue weighted by atomic mass is 16.5. The van der Waals surface area contributed by atoms with Crippen molar-refractivity contribution in [1.82, 2.24) is 0 Å². The van der Waals surface area contributed by atoms with Crippen LogP contribution in [0.25, 0.3) is 0 Å². The molecular formula is C6H8O2. The average Bonchev–Trinajstić information content (AvgIpc) is 2.13. The first-order chi connectivity index (χ1) is 3.80. The smallest absolute Gasteiger partial charge is 0.309 e. The fourth-order valence-corrected chi connectivity index (χ4v) is 1.47. The Morgan fingerprint density at radius 2 is 2.50 bits per heavy atom. The van der Waals surface area contributed by atoms with Crippen LogP contribution in [0.3, 0.4) is 0 Å². The minimum absolute atomic E-state index is 0.0301. The molecule has 2 nitrogen and oxygen atoms in total. The molecule has 0 bridgehead atoms. The van der Waals surface area contributed by atoms with E-state index in [1.54, 1.807) is 0 Å². The van der Waals surface area contributed by atoms with E-state index >= 15 is 0 Å². The van der Waals surface area contributed by atoms with Gasteiger partial charge in [-0.05, 0) is 5.92 Å². The highest BCUT2D eigenvalue weighted by Crippen LogP contribution is 2.50. The second-order valence-corrected chi connectivity index (χ2v) is 2.68. The van der Waals surface area contributed by atoms with Crippen LogP contribution in [0.2, 0.25) is 0 Å². The van der Waals surface area contributed by atoms with Crippen LogP contribution in [-0.4, -0.2) is 12.6 Å². The second kappa shape index (κ2) is 1.07. The number of carbonyl (C=O) groups excluding carboxylic acids is 1. The van der Waals surface area contributed by atoms with Gasteiger partial charge in [-0.3, -0.25) is 4.79 Å². The van der Waals surface area contributed by atoms with Gasteiger partial charge in [0.1, 0.15) is 0 Å². The van der Waals surface area contributed by atoms with Crippen LogP contribution in [0.4, 0.5) is 0 Å². The number of carbonyl (C=O) groups is 1. The Balaban J connectivity index is 2.18. The van der Waals surface area contributed by atoms with Gasteiger partial charge in [0, 0.05) is 5.92 Å². The van der Waals surface area contributed by atoms with Crippen LogP contribution in [0.5, 0.6) is 0 Å². The Bertz CT molecular complexity index is 141. The van der Waals surface area contributed by atoms with Gasteiger partial charge in [-0.25, -0.2) is 0 Å². The van der Waals surface area contributed by atoms with E-state index in [1.165, 1.54) is 0 Å². The Morgan fingerprint density at radius 3 is 2.75 bits per heavy atom. The lowest BCUT2D eigenvalue weighted by molar-refractivity contribution is -0.141. The number of hydrogen-bond donors (Lipinski definition) is 0. The van der Waals surface area contributed by atoms with Crippen molar-refractivity contribution in [2.45, 2.75) is 6.92 Å². The maximum atomic E-state index is 10.6. The summed E-state index contributed by atoms with van der Waals surface area (Å²) in [6.45, 7) is 2.79. The van der Waals surface area contributed by atoms with Crippen LogP contribution in [0, 0.1) is 17.8 Å². The molecule has 1 heterocycles. The van der Waals surface area contributed by atoms with Crippen molar-refractivity contribution < 1.29 is 9.53 Å². The molecule has 0 aromatic carbocycles. The summed E-state index contributed by atoms with van der Waals surface area (Å²) in [5.41, 5.74) is 0. The molecule has 0 aromatic rings. The molecule has 0 amide bonds. The van der Waals surface area contributed by atoms with E-state index < -0.39 is 0 Å². The fraction of sp³-hybridized carbons (Fsp3) is 0.833. The third-order valence-corrected chi connectivity index (χ3v) is 2.25. The third kappa shape index (κ3) is 0.320. The van der Waals surface area contributed by atoms with Crippen molar-refractivity contribution in [3.63, 3.8) is 0 Å². The van der Waals surface area contributed by atoms with Crippen molar-refractivity contribution in [3.05, 3.63) is 0 Å². The molecule has 1 saturated carbocycles. The second-order valence-electron chi connectivity index (χ2n) is 2.68. The van der Waals surface area contributed by atoms with E-state index in [0.29, 0.717) is 18.4 Å². The highest BCUT2D eigenvalue weighted by molar-refractivity contribution is 5.78. The molecule has 2 heteroatoms. The van der Waals surface area contributed by atoms with E-state index in [4.69, 9.17) is 4.74 Å². The molecule has 0 unspecified atom stereocenters. The molecule has 0 N–H and O–H groups in total. The summed E-state index contributed by atoms with van der Waals surface area (Å²) in [6, 6.07) is 0. The molecule has 1 saturated heterocycles. The Kier molecular flexibility index (Phi) is 0.581. The topological polar surface area (TPSA) is 26.3 Å². The minimum atomic E-state index is 0.0301. The summed E-state index contributed by atoms with van der Waals surface area (Å²) in [7, 11) is 0. The van der Waals surface area contributed by atoms with Crippen molar-refractivity contribution in [2.75, 3.05) is 6.61 Å². The summed E-state index contributed by atoms with van der Waals surface area (Å²) in [6.07, 6.45) is 0. The van der Waals surface area contributed by atoms with Crippen LogP contribution >= 0.6 is 0 Å². The first-order valence-electron chi connectivity index (χ1n) is 2.97. The molecular weight excluding hydrogens is 104 g/mol. The number of fused-ring (bicyclic) bond motifs is 1. The third-order valence-electron chi connectivity index (χ3n) is 2.25. The molecule has 1 aliphatic heterocycles. The van der Waals surface area contributed by atoms with Crippen molar-refractivity contribution in [1.29, 1.82) is 0 Å². The van der Waals surface area contributed by atoms with Crippen LogP contribution in [-0.2, 0) is 9.53 Å². The maximum Gasteiger partial charge on any atom is 0.309 e. The Morgan fingerprint density at radius 1 is 1.75 bits per heavy atom. The lowest BCUT2D eigenvalue weighted by atomic mass is 10.3. The van der Waals surface area contributed by atoms with Crippen LogP contribution in [0.1, 0.15) is 6.92 Å². The van der Waals surface area contributed by atoms with E-state index in [2.05, 4.69) is 6.92 Å². The molecule has 1 aliphatic carbocycles. The van der Waals surface area contributed by atoms with Gasteiger partial charge in [-0.2, -0.15) is 0 Å². The number of ether oxygens (including phenoxy) is 1. The summed E-state index contributed by atoms with van der Waals surface area (Å²) in [5.74, 6) is 1.52. The van der Waals surface area contributed by atoms with Gasteiger partial charge in [-0.1, -0.05) is 6.92 Å². The maximum absolute atomic E-state index is 10.6. The van der Waals surface area contributed by atoms with Gasteiger partial charge >= 0.3 is 5.97 Å². The zero-order valence-corrected chi connectivity index (χ0v) is 4.76. The molecule has 2 aliphatic rings. The number of hydrogen-bond acceptors (Lipinski definition) is 2. The predicted octanol–water partition coefficient (Wildman–Crippen LogP) is 0.425. The average molecular weight is 112 g/mol. The monoisotopic (exact) mass is 112 g/mol. The Hall–Kier alpha value is -0.530. The molecule has 0 radical (unpaired) electrons. The summed E-state index contributed by atoms with van der Waals surface area (Å²) >= 11 is 0. The fourth-order valence-electron chi connectivity index (χ4n) is 1.47. The van der Waals surface area contributed by atoms with Gasteiger partial charge < -0.3 is 4.74 Å². The van der Waals surface area contributed by atoms with Crippen molar-refractivity contribution in [3.8, 4) is 0 Å². The molecule has 2 fully saturated rings. The van der Waals surface area contributed by atoms with Crippen molar-refractivity contribution in [2.24, 2.45) is 17.8 Å². The van der Waals surface area contributed by atoms with E-state index in [-0.39, 0.29) is 11.9 Å². The van der Waals surface area contributed by atoms with Crippen molar-refractivity contribution >= 4 is 5.97 Å². The molecule has 44 valence electrons. The van der Waals surface area contributed by atoms with Gasteiger partial charge in [0.15, 0.2) is 0 Å². The van der Waals surface area contributed by atoms with E-state index in [9.17, 15) is 4.79 Å². The zero-order valence-electron chi connectivity index (χ0n) is 4.76. The highest BCUT2D eigenvalue weighted by Gasteiger charge is 2.57. The van der Waals surface area contributed by atoms with Gasteiger partial charge in [0.05, 0.1) is 12.5 Å². The SMILES string of the molecule is C[C@@H]1[C@@H]2COC(=O)[C@H]12. The Labute approximate surface area is 47.8 Å². The number of esters is 1. The molecule has 0 aromatic heterocycles. The summed E-state index contributed by atoms with van der Waals surface area (Å²) in [4.78, 5) is 10.6. The normalized spacial score (nSPS) is 50.6. The quantitative estimate of drug-likeness (QED) is 0.425. The molecule has 3 atom stereocenters. The number of rotatable bonds is 0. The first-order valence-corrected chi connectivity index (χ1v) is 2.97. The lowest BCUT2D eigenvalue weighted by Crippen LogP contribution is -2.02. The molecule has 8 heavy (non-hydrogen) atoms. The summed E-state index contributed by atoms with van der Waals surface area (Å²) in [5, 5.41) is 0. The number of cyclic esters (lactones) is 1. The van der Waals surface area contributed by atoms with Gasteiger partial charge in [0.2, 0.25) is 0 Å². The van der Waals surface area contributed by atoms with Gasteiger partial charge in [0.25, 0.3) is 0 Å². The van der Waals surface area contributed by atoms with E-state index in [1.807, 2.05) is 0 Å². The molecule has 2 rings (SSSR count). The first kappa shape index (κ1) is 4.36. The van der Waals surface area contributed by atoms with E-state index in [0.717, 1.165) is 0 Å². The van der Waals surface area contributed by atoms with Gasteiger partial charge in [-0.15, -0.1) is 0 Å². The summed E-state index contributed by atoms with van der Waals surface area (Å²) < 4.78 is 4.75. The largest absolute Gasteiger partial charge is 0.465 e. The predicted molar refractivity (Wildman–Crippen MR) is 27.1 cm³/mol.